The van der Waals surface area contributed by atoms with Crippen molar-refractivity contribution in [3.05, 3.63) is 107 Å². The van der Waals surface area contributed by atoms with Crippen molar-refractivity contribution in [1.82, 2.24) is 0 Å². The third-order valence-electron chi connectivity index (χ3n) is 3.50. The Hall–Kier alpha value is -2.60. The van der Waals surface area contributed by atoms with Gasteiger partial charge in [-0.2, -0.15) is 0 Å². The third-order valence-corrected chi connectivity index (χ3v) is 3.50. The van der Waals surface area contributed by atoms with Gasteiger partial charge in [-0.3, -0.25) is 0 Å². The van der Waals surface area contributed by atoms with E-state index in [4.69, 9.17) is 0 Å². The van der Waals surface area contributed by atoms with Crippen LogP contribution >= 0.6 is 0 Å². The second kappa shape index (κ2) is 6.71. The Morgan fingerprint density at radius 1 is 0.476 bits per heavy atom. The number of rotatable bonds is 4. The second-order valence-electron chi connectivity index (χ2n) is 5.15. The first-order valence-electron chi connectivity index (χ1n) is 7.26. The smallest absolute Gasteiger partial charge is 0.00258 e. The molecular weight excluding hydrogens is 252 g/mol. The maximum absolute atomic E-state index is 2.21. The summed E-state index contributed by atoms with van der Waals surface area (Å²) in [6, 6.07) is 29.7. The molecule has 0 aliphatic heterocycles. The van der Waals surface area contributed by atoms with E-state index in [0.29, 0.717) is 0 Å². The molecule has 102 valence electrons. The van der Waals surface area contributed by atoms with E-state index in [0.717, 1.165) is 6.42 Å². The average Bonchev–Trinajstić information content (AvgIpc) is 2.56. The molecule has 0 saturated heterocycles. The van der Waals surface area contributed by atoms with Crippen LogP contribution in [0.15, 0.2) is 84.9 Å². The van der Waals surface area contributed by atoms with Crippen LogP contribution in [0.2, 0.25) is 0 Å². The number of benzene rings is 3. The van der Waals surface area contributed by atoms with Crippen LogP contribution in [0, 0.1) is 0 Å². The minimum Gasteiger partial charge on any atom is -0.0622 e. The van der Waals surface area contributed by atoms with Gasteiger partial charge in [0.25, 0.3) is 0 Å². The molecule has 0 aliphatic rings. The van der Waals surface area contributed by atoms with Crippen LogP contribution < -0.4 is 0 Å². The molecule has 0 heteroatoms. The van der Waals surface area contributed by atoms with E-state index in [1.807, 2.05) is 6.07 Å². The van der Waals surface area contributed by atoms with Gasteiger partial charge in [0.05, 0.1) is 0 Å². The highest BCUT2D eigenvalue weighted by Crippen LogP contribution is 2.13. The minimum absolute atomic E-state index is 0.990. The summed E-state index contributed by atoms with van der Waals surface area (Å²) in [6.07, 6.45) is 5.29. The Labute approximate surface area is 126 Å². The molecule has 3 rings (SSSR count). The van der Waals surface area contributed by atoms with Crippen molar-refractivity contribution in [3.63, 3.8) is 0 Å². The SMILES string of the molecule is C(=C\c1ccc(Cc2ccccc2)cc1)/c1ccccc1. The Morgan fingerprint density at radius 2 is 0.952 bits per heavy atom. The molecule has 0 aliphatic carbocycles. The summed E-state index contributed by atoms with van der Waals surface area (Å²) in [6.45, 7) is 0. The van der Waals surface area contributed by atoms with E-state index < -0.39 is 0 Å². The summed E-state index contributed by atoms with van der Waals surface area (Å²) in [4.78, 5) is 0. The Morgan fingerprint density at radius 3 is 1.57 bits per heavy atom. The van der Waals surface area contributed by atoms with Gasteiger partial charge in [0, 0.05) is 0 Å². The van der Waals surface area contributed by atoms with Gasteiger partial charge in [0.1, 0.15) is 0 Å². The first-order chi connectivity index (χ1) is 10.4. The zero-order valence-electron chi connectivity index (χ0n) is 11.9. The normalized spacial score (nSPS) is 10.9. The predicted octanol–water partition coefficient (Wildman–Crippen LogP) is 5.45. The monoisotopic (exact) mass is 270 g/mol. The molecule has 0 spiro atoms. The molecule has 0 fully saturated rings. The van der Waals surface area contributed by atoms with Gasteiger partial charge in [0.15, 0.2) is 0 Å². The molecule has 0 saturated carbocycles. The van der Waals surface area contributed by atoms with Crippen LogP contribution in [0.4, 0.5) is 0 Å². The van der Waals surface area contributed by atoms with Gasteiger partial charge in [-0.05, 0) is 28.7 Å². The molecule has 0 bridgehead atoms. The molecule has 0 amide bonds. The summed E-state index contributed by atoms with van der Waals surface area (Å²) in [5, 5.41) is 0. The van der Waals surface area contributed by atoms with Crippen molar-refractivity contribution in [2.45, 2.75) is 6.42 Å². The van der Waals surface area contributed by atoms with Crippen molar-refractivity contribution >= 4 is 12.2 Å². The van der Waals surface area contributed by atoms with Crippen LogP contribution in [-0.4, -0.2) is 0 Å². The highest BCUT2D eigenvalue weighted by Gasteiger charge is 1.95. The van der Waals surface area contributed by atoms with Gasteiger partial charge in [-0.25, -0.2) is 0 Å². The predicted molar refractivity (Wildman–Crippen MR) is 91.1 cm³/mol. The quantitative estimate of drug-likeness (QED) is 0.553. The van der Waals surface area contributed by atoms with Crippen molar-refractivity contribution in [1.29, 1.82) is 0 Å². The van der Waals surface area contributed by atoms with Crippen LogP contribution in [-0.2, 0) is 6.42 Å². The lowest BCUT2D eigenvalue weighted by Crippen LogP contribution is -1.87. The molecule has 0 aromatic heterocycles. The lowest BCUT2D eigenvalue weighted by atomic mass is 10.0. The Kier molecular flexibility index (Phi) is 4.28. The maximum Gasteiger partial charge on any atom is -0.00258 e. The van der Waals surface area contributed by atoms with Crippen LogP contribution in [0.1, 0.15) is 22.3 Å². The fourth-order valence-electron chi connectivity index (χ4n) is 2.33. The lowest BCUT2D eigenvalue weighted by molar-refractivity contribution is 1.19. The standard InChI is InChI=1S/C21H18/c1-3-7-18(8-4-1)11-12-19-13-15-21(16-14-19)17-20-9-5-2-6-10-20/h1-16H,17H2/b12-11+. The lowest BCUT2D eigenvalue weighted by Gasteiger charge is -2.02. The average molecular weight is 270 g/mol. The van der Waals surface area contributed by atoms with E-state index in [-0.39, 0.29) is 0 Å². The summed E-state index contributed by atoms with van der Waals surface area (Å²) < 4.78 is 0. The van der Waals surface area contributed by atoms with E-state index in [9.17, 15) is 0 Å². The zero-order valence-corrected chi connectivity index (χ0v) is 11.9. The highest BCUT2D eigenvalue weighted by molar-refractivity contribution is 5.69. The summed E-state index contributed by atoms with van der Waals surface area (Å²) in [7, 11) is 0. The van der Waals surface area contributed by atoms with Gasteiger partial charge < -0.3 is 0 Å². The van der Waals surface area contributed by atoms with Crippen molar-refractivity contribution in [2.75, 3.05) is 0 Å². The molecule has 0 unspecified atom stereocenters. The third kappa shape index (κ3) is 3.93. The largest absolute Gasteiger partial charge is 0.0622 e. The summed E-state index contributed by atoms with van der Waals surface area (Å²) >= 11 is 0. The molecule has 0 atom stereocenters. The van der Waals surface area contributed by atoms with Crippen LogP contribution in [0.5, 0.6) is 0 Å². The molecule has 3 aromatic rings. The van der Waals surface area contributed by atoms with Crippen LogP contribution in [0.25, 0.3) is 12.2 Å². The molecular formula is C21H18. The first kappa shape index (κ1) is 13.4. The van der Waals surface area contributed by atoms with Crippen molar-refractivity contribution < 1.29 is 0 Å². The van der Waals surface area contributed by atoms with Crippen molar-refractivity contribution in [3.8, 4) is 0 Å². The maximum atomic E-state index is 2.21. The summed E-state index contributed by atoms with van der Waals surface area (Å²) in [5.74, 6) is 0. The molecule has 0 radical (unpaired) electrons. The number of hydrogen-bond donors (Lipinski definition) is 0. The molecule has 3 aromatic carbocycles. The van der Waals surface area contributed by atoms with E-state index in [2.05, 4.69) is 91.0 Å². The first-order valence-corrected chi connectivity index (χ1v) is 7.26. The molecule has 0 nitrogen and oxygen atoms in total. The topological polar surface area (TPSA) is 0 Å². The minimum atomic E-state index is 0.990. The zero-order chi connectivity index (χ0) is 14.3. The number of hydrogen-bond acceptors (Lipinski definition) is 0. The highest BCUT2D eigenvalue weighted by atomic mass is 14.0. The Balaban J connectivity index is 1.68. The molecule has 0 N–H and O–H groups in total. The van der Waals surface area contributed by atoms with E-state index in [1.54, 1.807) is 0 Å². The van der Waals surface area contributed by atoms with Gasteiger partial charge in [-0.1, -0.05) is 97.1 Å². The van der Waals surface area contributed by atoms with Crippen molar-refractivity contribution in [2.24, 2.45) is 0 Å². The summed E-state index contributed by atoms with van der Waals surface area (Å²) in [5.41, 5.74) is 5.16. The fraction of sp³-hybridized carbons (Fsp3) is 0.0476. The van der Waals surface area contributed by atoms with E-state index >= 15 is 0 Å². The molecule has 21 heavy (non-hydrogen) atoms. The van der Waals surface area contributed by atoms with Gasteiger partial charge >= 0.3 is 0 Å². The van der Waals surface area contributed by atoms with Gasteiger partial charge in [0.2, 0.25) is 0 Å². The van der Waals surface area contributed by atoms with Gasteiger partial charge in [-0.15, -0.1) is 0 Å². The Bertz CT molecular complexity index is 692. The van der Waals surface area contributed by atoms with E-state index in [1.165, 1.54) is 22.3 Å². The second-order valence-corrected chi connectivity index (χ2v) is 5.15. The fourth-order valence-corrected chi connectivity index (χ4v) is 2.33. The molecule has 0 heterocycles. The van der Waals surface area contributed by atoms with Crippen LogP contribution in [0.3, 0.4) is 0 Å².